The first-order chi connectivity index (χ1) is 7.84. The van der Waals surface area contributed by atoms with Gasteiger partial charge in [0.15, 0.2) is 0 Å². The molecule has 4 nitrogen and oxygen atoms in total. The second-order valence-corrected chi connectivity index (χ2v) is 3.99. The molecular weight excluding hydrogens is 202 g/mol. The molecule has 1 saturated heterocycles. The van der Waals surface area contributed by atoms with Gasteiger partial charge in [-0.15, -0.1) is 0 Å². The van der Waals surface area contributed by atoms with E-state index in [4.69, 9.17) is 0 Å². The number of amides is 1. The summed E-state index contributed by atoms with van der Waals surface area (Å²) in [6, 6.07) is 8.14. The predicted octanol–water partition coefficient (Wildman–Crippen LogP) is 1.10. The number of carbonyl (C=O) groups is 1. The third-order valence-corrected chi connectivity index (χ3v) is 2.95. The van der Waals surface area contributed by atoms with E-state index in [2.05, 4.69) is 21.3 Å². The Morgan fingerprint density at radius 2 is 2.12 bits per heavy atom. The zero-order chi connectivity index (χ0) is 11.0. The Kier molecular flexibility index (Phi) is 2.06. The topological polar surface area (TPSA) is 48.1 Å². The molecule has 1 aliphatic heterocycles. The van der Waals surface area contributed by atoms with Crippen molar-refractivity contribution in [2.24, 2.45) is 0 Å². The van der Waals surface area contributed by atoms with Crippen molar-refractivity contribution in [3.8, 4) is 0 Å². The molecule has 3 rings (SSSR count). The fraction of sp³-hybridized carbons (Fsp3) is 0.250. The van der Waals surface area contributed by atoms with E-state index in [0.29, 0.717) is 6.54 Å². The Hall–Kier alpha value is -1.97. The van der Waals surface area contributed by atoms with Gasteiger partial charge in [-0.3, -0.25) is 4.79 Å². The maximum absolute atomic E-state index is 11.3. The number of nitrogens with zero attached hydrogens (tertiary/aromatic N) is 1. The zero-order valence-corrected chi connectivity index (χ0v) is 8.86. The van der Waals surface area contributed by atoms with Crippen LogP contribution in [0.1, 0.15) is 0 Å². The molecule has 1 aliphatic rings. The number of rotatable bonds is 1. The molecule has 0 spiro atoms. The van der Waals surface area contributed by atoms with Crippen LogP contribution in [0.5, 0.6) is 0 Å². The van der Waals surface area contributed by atoms with E-state index >= 15 is 0 Å². The summed E-state index contributed by atoms with van der Waals surface area (Å²) in [7, 11) is 0. The zero-order valence-electron chi connectivity index (χ0n) is 8.86. The summed E-state index contributed by atoms with van der Waals surface area (Å²) in [5, 5.41) is 4.01. The molecule has 0 atom stereocenters. The number of hydrogen-bond donors (Lipinski definition) is 2. The first-order valence-electron chi connectivity index (χ1n) is 5.42. The molecule has 1 amide bonds. The Morgan fingerprint density at radius 3 is 3.00 bits per heavy atom. The van der Waals surface area contributed by atoms with Gasteiger partial charge >= 0.3 is 0 Å². The molecule has 1 aromatic heterocycles. The summed E-state index contributed by atoms with van der Waals surface area (Å²) in [5.41, 5.74) is 2.23. The van der Waals surface area contributed by atoms with Crippen molar-refractivity contribution in [1.29, 1.82) is 0 Å². The first kappa shape index (κ1) is 9.27. The van der Waals surface area contributed by atoms with Gasteiger partial charge in [0.2, 0.25) is 5.91 Å². The quantitative estimate of drug-likeness (QED) is 0.748. The van der Waals surface area contributed by atoms with Gasteiger partial charge < -0.3 is 15.2 Å². The number of aromatic nitrogens is 1. The van der Waals surface area contributed by atoms with E-state index in [1.54, 1.807) is 0 Å². The SMILES string of the molecule is O=C1CN(c2c[nH]c3ccccc23)CCN1. The number of para-hydroxylation sites is 1. The first-order valence-corrected chi connectivity index (χ1v) is 5.42. The van der Waals surface area contributed by atoms with Crippen LogP contribution in [-0.4, -0.2) is 30.5 Å². The molecule has 0 radical (unpaired) electrons. The standard InChI is InChI=1S/C12H13N3O/c16-12-8-15(6-5-13-12)11-7-14-10-4-2-1-3-9(10)11/h1-4,7,14H,5-6,8H2,(H,13,16). The fourth-order valence-corrected chi connectivity index (χ4v) is 2.16. The molecule has 1 fully saturated rings. The predicted molar refractivity (Wildman–Crippen MR) is 63.5 cm³/mol. The van der Waals surface area contributed by atoms with Gasteiger partial charge in [-0.25, -0.2) is 0 Å². The summed E-state index contributed by atoms with van der Waals surface area (Å²) >= 11 is 0. The number of fused-ring (bicyclic) bond motifs is 1. The third kappa shape index (κ3) is 1.43. The highest BCUT2D eigenvalue weighted by Gasteiger charge is 2.18. The molecule has 16 heavy (non-hydrogen) atoms. The largest absolute Gasteiger partial charge is 0.359 e. The highest BCUT2D eigenvalue weighted by molar-refractivity contribution is 5.95. The number of H-pyrrole nitrogens is 1. The van der Waals surface area contributed by atoms with Gasteiger partial charge in [0.05, 0.1) is 12.2 Å². The Labute approximate surface area is 93.2 Å². The Balaban J connectivity index is 2.02. The van der Waals surface area contributed by atoms with Gasteiger partial charge in [-0.05, 0) is 6.07 Å². The lowest BCUT2D eigenvalue weighted by molar-refractivity contribution is -0.120. The highest BCUT2D eigenvalue weighted by Crippen LogP contribution is 2.26. The molecule has 1 aromatic carbocycles. The van der Waals surface area contributed by atoms with Crippen molar-refractivity contribution >= 4 is 22.5 Å². The van der Waals surface area contributed by atoms with Crippen molar-refractivity contribution in [2.75, 3.05) is 24.5 Å². The fourth-order valence-electron chi connectivity index (χ4n) is 2.16. The second-order valence-electron chi connectivity index (χ2n) is 3.99. The average molecular weight is 215 g/mol. The number of anilines is 1. The number of nitrogens with one attached hydrogen (secondary N) is 2. The van der Waals surface area contributed by atoms with Crippen LogP contribution in [0.25, 0.3) is 10.9 Å². The maximum Gasteiger partial charge on any atom is 0.239 e. The lowest BCUT2D eigenvalue weighted by Gasteiger charge is -2.27. The van der Waals surface area contributed by atoms with Gasteiger partial charge in [0.25, 0.3) is 0 Å². The van der Waals surface area contributed by atoms with Crippen molar-refractivity contribution < 1.29 is 4.79 Å². The molecule has 2 N–H and O–H groups in total. The van der Waals surface area contributed by atoms with E-state index in [9.17, 15) is 4.79 Å². The number of carbonyl (C=O) groups excluding carboxylic acids is 1. The van der Waals surface area contributed by atoms with Crippen LogP contribution >= 0.6 is 0 Å². The van der Waals surface area contributed by atoms with Crippen LogP contribution in [0.2, 0.25) is 0 Å². The van der Waals surface area contributed by atoms with Gasteiger partial charge in [-0.1, -0.05) is 18.2 Å². The number of piperazine rings is 1. The molecule has 0 bridgehead atoms. The Bertz CT molecular complexity index is 532. The monoisotopic (exact) mass is 215 g/mol. The lowest BCUT2D eigenvalue weighted by atomic mass is 10.2. The number of aromatic amines is 1. The number of benzene rings is 1. The van der Waals surface area contributed by atoms with Crippen LogP contribution in [0.15, 0.2) is 30.5 Å². The normalized spacial score (nSPS) is 16.5. The van der Waals surface area contributed by atoms with Crippen LogP contribution < -0.4 is 10.2 Å². The van der Waals surface area contributed by atoms with Crippen molar-refractivity contribution in [3.63, 3.8) is 0 Å². The molecule has 0 unspecified atom stereocenters. The molecule has 0 saturated carbocycles. The van der Waals surface area contributed by atoms with Crippen LogP contribution in [-0.2, 0) is 4.79 Å². The molecular formula is C12H13N3O. The minimum absolute atomic E-state index is 0.0940. The molecule has 2 heterocycles. The third-order valence-electron chi connectivity index (χ3n) is 2.95. The van der Waals surface area contributed by atoms with E-state index < -0.39 is 0 Å². The molecule has 2 aromatic rings. The minimum atomic E-state index is 0.0940. The molecule has 4 heteroatoms. The van der Waals surface area contributed by atoms with Crippen LogP contribution in [0.4, 0.5) is 5.69 Å². The van der Waals surface area contributed by atoms with E-state index in [1.807, 2.05) is 24.4 Å². The van der Waals surface area contributed by atoms with Crippen molar-refractivity contribution in [1.82, 2.24) is 10.3 Å². The van der Waals surface area contributed by atoms with Gasteiger partial charge in [-0.2, -0.15) is 0 Å². The maximum atomic E-state index is 11.3. The highest BCUT2D eigenvalue weighted by atomic mass is 16.2. The van der Waals surface area contributed by atoms with Crippen LogP contribution in [0, 0.1) is 0 Å². The van der Waals surface area contributed by atoms with Gasteiger partial charge in [0.1, 0.15) is 0 Å². The number of hydrogen-bond acceptors (Lipinski definition) is 2. The van der Waals surface area contributed by atoms with Crippen molar-refractivity contribution in [2.45, 2.75) is 0 Å². The van der Waals surface area contributed by atoms with E-state index in [-0.39, 0.29) is 5.91 Å². The Morgan fingerprint density at radius 1 is 1.25 bits per heavy atom. The molecule has 0 aliphatic carbocycles. The summed E-state index contributed by atoms with van der Waals surface area (Å²) in [4.78, 5) is 16.7. The minimum Gasteiger partial charge on any atom is -0.359 e. The smallest absolute Gasteiger partial charge is 0.239 e. The van der Waals surface area contributed by atoms with Crippen molar-refractivity contribution in [3.05, 3.63) is 30.5 Å². The average Bonchev–Trinajstić information content (AvgIpc) is 2.72. The van der Waals surface area contributed by atoms with E-state index in [1.165, 1.54) is 5.39 Å². The van der Waals surface area contributed by atoms with Gasteiger partial charge in [0, 0.05) is 30.2 Å². The summed E-state index contributed by atoms with van der Waals surface area (Å²) in [6.45, 7) is 2.04. The van der Waals surface area contributed by atoms with Crippen LogP contribution in [0.3, 0.4) is 0 Å². The lowest BCUT2D eigenvalue weighted by Crippen LogP contribution is -2.47. The van der Waals surface area contributed by atoms with E-state index in [0.717, 1.165) is 24.3 Å². The summed E-state index contributed by atoms with van der Waals surface area (Å²) < 4.78 is 0. The summed E-state index contributed by atoms with van der Waals surface area (Å²) in [5.74, 6) is 0.0940. The molecule has 82 valence electrons. The second kappa shape index (κ2) is 3.56. The summed E-state index contributed by atoms with van der Waals surface area (Å²) in [6.07, 6.45) is 1.98.